The lowest BCUT2D eigenvalue weighted by Gasteiger charge is -2.15. The highest BCUT2D eigenvalue weighted by Crippen LogP contribution is 2.24. The summed E-state index contributed by atoms with van der Waals surface area (Å²) in [5.74, 6) is 1.76. The molecule has 0 saturated carbocycles. The van der Waals surface area contributed by atoms with E-state index in [1.807, 2.05) is 24.4 Å². The number of nitrogens with two attached hydrogens (primary N) is 1. The first kappa shape index (κ1) is 11.3. The van der Waals surface area contributed by atoms with Crippen LogP contribution in [0.15, 0.2) is 17.5 Å². The van der Waals surface area contributed by atoms with Gasteiger partial charge in [-0.1, -0.05) is 6.07 Å². The molecule has 2 aromatic heterocycles. The lowest BCUT2D eigenvalue weighted by atomic mass is 10.2. The Kier molecular flexibility index (Phi) is 3.07. The van der Waals surface area contributed by atoms with Gasteiger partial charge < -0.3 is 10.3 Å². The molecule has 0 saturated heterocycles. The third-order valence-corrected chi connectivity index (χ3v) is 3.49. The Morgan fingerprint density at radius 3 is 2.69 bits per heavy atom. The van der Waals surface area contributed by atoms with E-state index in [0.717, 1.165) is 16.5 Å². The topological polar surface area (TPSA) is 56.7 Å². The molecule has 16 heavy (non-hydrogen) atoms. The monoisotopic (exact) mass is 236 g/mol. The summed E-state index contributed by atoms with van der Waals surface area (Å²) in [6.07, 6.45) is 0. The Hall–Kier alpha value is -1.20. The molecule has 0 radical (unpaired) electrons. The first-order valence-electron chi connectivity index (χ1n) is 5.31. The van der Waals surface area contributed by atoms with Gasteiger partial charge in [-0.05, 0) is 32.2 Å². The van der Waals surface area contributed by atoms with Gasteiger partial charge in [0.15, 0.2) is 5.82 Å². The molecule has 0 spiro atoms. The molecule has 2 N–H and O–H groups in total. The SMILES string of the molecule is Cc1nnc(C(N)c2cccs2)n1C(C)C. The number of aromatic nitrogens is 3. The third kappa shape index (κ3) is 1.88. The highest BCUT2D eigenvalue weighted by molar-refractivity contribution is 7.10. The molecule has 0 aliphatic carbocycles. The highest BCUT2D eigenvalue weighted by Gasteiger charge is 2.20. The molecule has 1 atom stereocenters. The summed E-state index contributed by atoms with van der Waals surface area (Å²) in [6, 6.07) is 4.19. The maximum atomic E-state index is 6.20. The number of hydrogen-bond donors (Lipinski definition) is 1. The number of aryl methyl sites for hydroxylation is 1. The number of hydrogen-bond acceptors (Lipinski definition) is 4. The normalized spacial score (nSPS) is 13.3. The van der Waals surface area contributed by atoms with Gasteiger partial charge in [-0.15, -0.1) is 21.5 Å². The minimum absolute atomic E-state index is 0.177. The van der Waals surface area contributed by atoms with E-state index < -0.39 is 0 Å². The van der Waals surface area contributed by atoms with Crippen LogP contribution in [-0.2, 0) is 0 Å². The van der Waals surface area contributed by atoms with E-state index in [1.165, 1.54) is 0 Å². The Balaban J connectivity index is 2.41. The van der Waals surface area contributed by atoms with Gasteiger partial charge in [0.05, 0.1) is 0 Å². The maximum Gasteiger partial charge on any atom is 0.155 e. The van der Waals surface area contributed by atoms with E-state index in [4.69, 9.17) is 5.73 Å². The quantitative estimate of drug-likeness (QED) is 0.889. The van der Waals surface area contributed by atoms with Gasteiger partial charge in [0.1, 0.15) is 11.9 Å². The molecule has 4 nitrogen and oxygen atoms in total. The van der Waals surface area contributed by atoms with Crippen molar-refractivity contribution < 1.29 is 0 Å². The fraction of sp³-hybridized carbons (Fsp3) is 0.455. The lowest BCUT2D eigenvalue weighted by Crippen LogP contribution is -2.18. The molecule has 5 heteroatoms. The maximum absolute atomic E-state index is 6.20. The average Bonchev–Trinajstić information content (AvgIpc) is 2.84. The molecule has 0 amide bonds. The molecular weight excluding hydrogens is 220 g/mol. The van der Waals surface area contributed by atoms with Crippen molar-refractivity contribution in [1.82, 2.24) is 14.8 Å². The lowest BCUT2D eigenvalue weighted by molar-refractivity contribution is 0.541. The molecule has 0 aliphatic heterocycles. The largest absolute Gasteiger partial charge is 0.317 e. The standard InChI is InChI=1S/C11H16N4S/c1-7(2)15-8(3)13-14-11(15)10(12)9-5-4-6-16-9/h4-7,10H,12H2,1-3H3. The van der Waals surface area contributed by atoms with Crippen LogP contribution in [-0.4, -0.2) is 14.8 Å². The van der Waals surface area contributed by atoms with Gasteiger partial charge in [0, 0.05) is 10.9 Å². The van der Waals surface area contributed by atoms with Gasteiger partial charge in [-0.2, -0.15) is 0 Å². The summed E-state index contributed by atoms with van der Waals surface area (Å²) >= 11 is 1.65. The van der Waals surface area contributed by atoms with Crippen molar-refractivity contribution in [3.05, 3.63) is 34.0 Å². The van der Waals surface area contributed by atoms with Crippen molar-refractivity contribution in [1.29, 1.82) is 0 Å². The second-order valence-corrected chi connectivity index (χ2v) is 5.04. The van der Waals surface area contributed by atoms with Gasteiger partial charge in [0.25, 0.3) is 0 Å². The zero-order valence-corrected chi connectivity index (χ0v) is 10.5. The van der Waals surface area contributed by atoms with Crippen molar-refractivity contribution >= 4 is 11.3 Å². The fourth-order valence-corrected chi connectivity index (χ4v) is 2.55. The zero-order chi connectivity index (χ0) is 11.7. The predicted octanol–water partition coefficient (Wildman–Crippen LogP) is 2.28. The number of rotatable bonds is 3. The van der Waals surface area contributed by atoms with Crippen LogP contribution in [0.1, 0.15) is 42.5 Å². The van der Waals surface area contributed by atoms with Crippen molar-refractivity contribution in [3.63, 3.8) is 0 Å². The van der Waals surface area contributed by atoms with Crippen molar-refractivity contribution in [2.45, 2.75) is 32.9 Å². The number of thiophene rings is 1. The molecule has 0 aliphatic rings. The first-order chi connectivity index (χ1) is 7.61. The Morgan fingerprint density at radius 1 is 1.38 bits per heavy atom. The summed E-state index contributed by atoms with van der Waals surface area (Å²) in [6.45, 7) is 6.18. The van der Waals surface area contributed by atoms with Crippen LogP contribution >= 0.6 is 11.3 Å². The van der Waals surface area contributed by atoms with E-state index in [1.54, 1.807) is 11.3 Å². The van der Waals surface area contributed by atoms with Crippen LogP contribution in [0.4, 0.5) is 0 Å². The number of nitrogens with zero attached hydrogens (tertiary/aromatic N) is 3. The Labute approximate surface area is 99.1 Å². The van der Waals surface area contributed by atoms with Gasteiger partial charge in [-0.25, -0.2) is 0 Å². The summed E-state index contributed by atoms with van der Waals surface area (Å²) in [4.78, 5) is 1.12. The molecule has 1 unspecified atom stereocenters. The average molecular weight is 236 g/mol. The summed E-state index contributed by atoms with van der Waals surface area (Å²) in [5, 5.41) is 10.3. The molecule has 2 aromatic rings. The molecule has 0 fully saturated rings. The molecule has 86 valence electrons. The van der Waals surface area contributed by atoms with E-state index in [-0.39, 0.29) is 6.04 Å². The predicted molar refractivity (Wildman–Crippen MR) is 65.5 cm³/mol. The van der Waals surface area contributed by atoms with Gasteiger partial charge >= 0.3 is 0 Å². The zero-order valence-electron chi connectivity index (χ0n) is 9.71. The van der Waals surface area contributed by atoms with E-state index in [0.29, 0.717) is 6.04 Å². The van der Waals surface area contributed by atoms with Crippen LogP contribution in [0.5, 0.6) is 0 Å². The van der Waals surface area contributed by atoms with Crippen LogP contribution in [0.3, 0.4) is 0 Å². The van der Waals surface area contributed by atoms with Crippen LogP contribution in [0.2, 0.25) is 0 Å². The molecular formula is C11H16N4S. The van der Waals surface area contributed by atoms with Crippen molar-refractivity contribution in [2.75, 3.05) is 0 Å². The first-order valence-corrected chi connectivity index (χ1v) is 6.19. The summed E-state index contributed by atoms with van der Waals surface area (Å²) < 4.78 is 2.09. The molecule has 2 heterocycles. The van der Waals surface area contributed by atoms with Gasteiger partial charge in [-0.3, -0.25) is 0 Å². The molecule has 2 rings (SSSR count). The van der Waals surface area contributed by atoms with E-state index in [2.05, 4.69) is 28.6 Å². The summed E-state index contributed by atoms with van der Waals surface area (Å²) in [5.41, 5.74) is 6.20. The van der Waals surface area contributed by atoms with Crippen LogP contribution in [0.25, 0.3) is 0 Å². The van der Waals surface area contributed by atoms with E-state index >= 15 is 0 Å². The second kappa shape index (κ2) is 4.35. The van der Waals surface area contributed by atoms with Crippen molar-refractivity contribution in [2.24, 2.45) is 5.73 Å². The van der Waals surface area contributed by atoms with Crippen molar-refractivity contribution in [3.8, 4) is 0 Å². The minimum Gasteiger partial charge on any atom is -0.317 e. The van der Waals surface area contributed by atoms with Crippen LogP contribution in [0, 0.1) is 6.92 Å². The fourth-order valence-electron chi connectivity index (χ4n) is 1.83. The van der Waals surface area contributed by atoms with Crippen LogP contribution < -0.4 is 5.73 Å². The second-order valence-electron chi connectivity index (χ2n) is 4.06. The van der Waals surface area contributed by atoms with E-state index in [9.17, 15) is 0 Å². The third-order valence-electron chi connectivity index (χ3n) is 2.54. The van der Waals surface area contributed by atoms with Gasteiger partial charge in [0.2, 0.25) is 0 Å². The highest BCUT2D eigenvalue weighted by atomic mass is 32.1. The Bertz CT molecular complexity index is 458. The summed E-state index contributed by atoms with van der Waals surface area (Å²) in [7, 11) is 0. The minimum atomic E-state index is -0.177. The molecule has 0 aromatic carbocycles. The molecule has 0 bridgehead atoms. The Morgan fingerprint density at radius 2 is 2.12 bits per heavy atom. The smallest absolute Gasteiger partial charge is 0.155 e.